The molecule has 1 aromatic carbocycles. The van der Waals surface area contributed by atoms with E-state index in [0.29, 0.717) is 5.56 Å². The van der Waals surface area contributed by atoms with Gasteiger partial charge in [-0.15, -0.1) is 0 Å². The first-order valence-corrected chi connectivity index (χ1v) is 5.30. The molecule has 90 valence electrons. The molecule has 0 saturated carbocycles. The fourth-order valence-corrected chi connectivity index (χ4v) is 2.01. The number of nitrogens with zero attached hydrogens (tertiary/aromatic N) is 4. The SMILES string of the molecule is [C-]#[N+]C([N+]#[C-])=C1C(=C)C(=O)c2cc(C#N)c(C#N)cc21. The van der Waals surface area contributed by atoms with Crippen molar-refractivity contribution in [3.8, 4) is 12.1 Å². The molecule has 1 aromatic rings. The Balaban J connectivity index is 2.93. The summed E-state index contributed by atoms with van der Waals surface area (Å²) < 4.78 is 0. The third kappa shape index (κ3) is 1.57. The molecule has 0 N–H and O–H groups in total. The fourth-order valence-electron chi connectivity index (χ4n) is 2.01. The number of carbonyl (C=O) groups excluding carboxylic acids is 1. The van der Waals surface area contributed by atoms with Crippen LogP contribution in [0.5, 0.6) is 0 Å². The van der Waals surface area contributed by atoms with Gasteiger partial charge in [0.15, 0.2) is 5.78 Å². The van der Waals surface area contributed by atoms with E-state index in [-0.39, 0.29) is 33.7 Å². The molecular weight excluding hydrogens is 252 g/mol. The number of carbonyl (C=O) groups is 1. The van der Waals surface area contributed by atoms with Crippen molar-refractivity contribution in [2.24, 2.45) is 0 Å². The minimum absolute atomic E-state index is 0.0426. The third-order valence-corrected chi connectivity index (χ3v) is 2.92. The molecule has 0 amide bonds. The molecule has 5 nitrogen and oxygen atoms in total. The van der Waals surface area contributed by atoms with Gasteiger partial charge in [0, 0.05) is 11.1 Å². The highest BCUT2D eigenvalue weighted by molar-refractivity contribution is 6.27. The maximum Gasteiger partial charge on any atom is 0.528 e. The average molecular weight is 256 g/mol. The van der Waals surface area contributed by atoms with Gasteiger partial charge in [0.25, 0.3) is 0 Å². The molecule has 20 heavy (non-hydrogen) atoms. The van der Waals surface area contributed by atoms with Crippen molar-refractivity contribution in [3.63, 3.8) is 0 Å². The van der Waals surface area contributed by atoms with E-state index in [1.807, 2.05) is 12.1 Å². The molecule has 0 spiro atoms. The van der Waals surface area contributed by atoms with Crippen LogP contribution in [-0.2, 0) is 0 Å². The zero-order valence-electron chi connectivity index (χ0n) is 10.1. The van der Waals surface area contributed by atoms with Crippen LogP contribution in [0.1, 0.15) is 27.0 Å². The van der Waals surface area contributed by atoms with E-state index in [9.17, 15) is 4.79 Å². The van der Waals surface area contributed by atoms with Gasteiger partial charge in [-0.1, -0.05) is 6.58 Å². The van der Waals surface area contributed by atoms with E-state index in [1.54, 1.807) is 0 Å². The van der Waals surface area contributed by atoms with Gasteiger partial charge in [-0.25, -0.2) is 0 Å². The second-order valence-electron chi connectivity index (χ2n) is 3.90. The predicted octanol–water partition coefficient (Wildman–Crippen LogP) is 2.69. The van der Waals surface area contributed by atoms with Crippen LogP contribution in [0.25, 0.3) is 15.3 Å². The quantitative estimate of drug-likeness (QED) is 0.529. The van der Waals surface area contributed by atoms with Gasteiger partial charge >= 0.3 is 5.82 Å². The van der Waals surface area contributed by atoms with Gasteiger partial charge in [0.2, 0.25) is 0 Å². The lowest BCUT2D eigenvalue weighted by Gasteiger charge is -2.00. The van der Waals surface area contributed by atoms with Crippen molar-refractivity contribution in [2.75, 3.05) is 0 Å². The Hall–Kier alpha value is -3.67. The summed E-state index contributed by atoms with van der Waals surface area (Å²) in [5.41, 5.74) is 0.890. The Morgan fingerprint density at radius 2 is 1.60 bits per heavy atom. The molecule has 2 rings (SSSR count). The maximum absolute atomic E-state index is 12.1. The molecule has 5 heteroatoms. The first kappa shape index (κ1) is 12.8. The van der Waals surface area contributed by atoms with Crippen molar-refractivity contribution in [1.29, 1.82) is 10.5 Å². The maximum atomic E-state index is 12.1. The first-order valence-electron chi connectivity index (χ1n) is 5.30. The Labute approximate surface area is 114 Å². The minimum Gasteiger partial charge on any atom is -0.289 e. The van der Waals surface area contributed by atoms with Crippen molar-refractivity contribution in [1.82, 2.24) is 0 Å². The minimum atomic E-state index is -0.430. The lowest BCUT2D eigenvalue weighted by Crippen LogP contribution is -1.95. The van der Waals surface area contributed by atoms with E-state index in [4.69, 9.17) is 23.7 Å². The van der Waals surface area contributed by atoms with Crippen molar-refractivity contribution >= 4 is 11.4 Å². The Kier molecular flexibility index (Phi) is 2.90. The largest absolute Gasteiger partial charge is 0.528 e. The standard InChI is InChI=1S/C15H4N4O/c1-8-13(15(18-2)19-3)11-4-9(6-16)10(7-17)5-12(11)14(8)20/h4-5H,1H2. The number of allylic oxidation sites excluding steroid dienone is 2. The molecule has 0 aliphatic heterocycles. The van der Waals surface area contributed by atoms with Gasteiger partial charge in [0.05, 0.1) is 16.7 Å². The molecular formula is C15H4N4O. The highest BCUT2D eigenvalue weighted by Gasteiger charge is 2.35. The highest BCUT2D eigenvalue weighted by atomic mass is 16.1. The zero-order valence-corrected chi connectivity index (χ0v) is 10.1. The third-order valence-electron chi connectivity index (χ3n) is 2.92. The summed E-state index contributed by atoms with van der Waals surface area (Å²) in [7, 11) is 0. The van der Waals surface area contributed by atoms with Gasteiger partial charge in [-0.2, -0.15) is 20.2 Å². The lowest BCUT2D eigenvalue weighted by atomic mass is 9.99. The number of benzene rings is 1. The summed E-state index contributed by atoms with van der Waals surface area (Å²) in [5, 5.41) is 18.0. The van der Waals surface area contributed by atoms with E-state index in [0.717, 1.165) is 0 Å². The molecule has 1 aliphatic rings. The molecule has 0 aromatic heterocycles. The summed E-state index contributed by atoms with van der Waals surface area (Å²) in [5.74, 6) is -0.698. The molecule has 0 saturated heterocycles. The Morgan fingerprint density at radius 3 is 2.05 bits per heavy atom. The number of hydrogen-bond acceptors (Lipinski definition) is 3. The topological polar surface area (TPSA) is 73.4 Å². The predicted molar refractivity (Wildman–Crippen MR) is 69.5 cm³/mol. The van der Waals surface area contributed by atoms with Crippen LogP contribution in [0.3, 0.4) is 0 Å². The molecule has 0 fully saturated rings. The van der Waals surface area contributed by atoms with Crippen LogP contribution in [0.2, 0.25) is 0 Å². The number of hydrogen-bond donors (Lipinski definition) is 0. The second kappa shape index (κ2) is 4.54. The van der Waals surface area contributed by atoms with Crippen LogP contribution < -0.4 is 0 Å². The lowest BCUT2D eigenvalue weighted by molar-refractivity contribution is 0.104. The molecule has 1 aliphatic carbocycles. The van der Waals surface area contributed by atoms with Gasteiger partial charge in [-0.3, -0.25) is 4.79 Å². The van der Waals surface area contributed by atoms with Gasteiger partial charge in [-0.05, 0) is 17.7 Å². The normalized spacial score (nSPS) is 11.9. The molecule has 0 bridgehead atoms. The molecule has 0 radical (unpaired) electrons. The molecule has 0 unspecified atom stereocenters. The van der Waals surface area contributed by atoms with E-state index in [2.05, 4.69) is 16.3 Å². The molecule has 0 heterocycles. The van der Waals surface area contributed by atoms with Crippen LogP contribution in [0.4, 0.5) is 0 Å². The van der Waals surface area contributed by atoms with Gasteiger partial charge in [0.1, 0.15) is 25.3 Å². The summed E-state index contributed by atoms with van der Waals surface area (Å²) in [6, 6.07) is 6.36. The average Bonchev–Trinajstić information content (AvgIpc) is 2.72. The number of rotatable bonds is 0. The fraction of sp³-hybridized carbons (Fsp3) is 0. The van der Waals surface area contributed by atoms with Crippen molar-refractivity contribution < 1.29 is 4.79 Å². The summed E-state index contributed by atoms with van der Waals surface area (Å²) in [4.78, 5) is 18.2. The highest BCUT2D eigenvalue weighted by Crippen LogP contribution is 2.39. The number of nitriles is 2. The van der Waals surface area contributed by atoms with Crippen LogP contribution in [-0.4, -0.2) is 5.78 Å². The van der Waals surface area contributed by atoms with E-state index >= 15 is 0 Å². The Bertz CT molecular complexity index is 861. The van der Waals surface area contributed by atoms with Gasteiger partial charge < -0.3 is 0 Å². The van der Waals surface area contributed by atoms with E-state index in [1.165, 1.54) is 12.1 Å². The van der Waals surface area contributed by atoms with Crippen molar-refractivity contribution in [3.05, 3.63) is 75.2 Å². The smallest absolute Gasteiger partial charge is 0.289 e. The number of ketones is 1. The number of Topliss-reactive ketones (excluding diaryl/α,β-unsaturated/α-hetero) is 1. The van der Waals surface area contributed by atoms with E-state index < -0.39 is 5.78 Å². The summed E-state index contributed by atoms with van der Waals surface area (Å²) >= 11 is 0. The monoisotopic (exact) mass is 256 g/mol. The van der Waals surface area contributed by atoms with Crippen molar-refractivity contribution in [2.45, 2.75) is 0 Å². The van der Waals surface area contributed by atoms with Crippen LogP contribution in [0, 0.1) is 35.8 Å². The summed E-state index contributed by atoms with van der Waals surface area (Å²) in [6.45, 7) is 17.6. The Morgan fingerprint density at radius 1 is 1.10 bits per heavy atom. The number of fused-ring (bicyclic) bond motifs is 1. The summed E-state index contributed by atoms with van der Waals surface area (Å²) in [6.07, 6.45) is 0. The zero-order chi connectivity index (χ0) is 14.9. The van der Waals surface area contributed by atoms with Crippen LogP contribution in [0.15, 0.2) is 30.1 Å². The first-order chi connectivity index (χ1) is 9.58. The molecule has 0 atom stereocenters. The second-order valence-corrected chi connectivity index (χ2v) is 3.90. The van der Waals surface area contributed by atoms with Crippen LogP contribution >= 0.6 is 0 Å².